The van der Waals surface area contributed by atoms with Crippen LogP contribution in [0.2, 0.25) is 0 Å². The highest BCUT2D eigenvalue weighted by Crippen LogP contribution is 2.71. The third kappa shape index (κ3) is 1.81. The molecule has 4 aliphatic carbocycles. The first-order chi connectivity index (χ1) is 11.5. The molecule has 2 bridgehead atoms. The van der Waals surface area contributed by atoms with E-state index in [1.54, 1.807) is 0 Å². The molecular formula is C20H32O5. The van der Waals surface area contributed by atoms with Gasteiger partial charge in [0.05, 0.1) is 29.8 Å². The highest BCUT2D eigenvalue weighted by Gasteiger charge is 2.77. The Hall–Kier alpha value is -0.490. The Labute approximate surface area is 149 Å². The zero-order valence-corrected chi connectivity index (χ0v) is 15.6. The Morgan fingerprint density at radius 1 is 1.00 bits per heavy atom. The minimum absolute atomic E-state index is 0.00326. The van der Waals surface area contributed by atoms with E-state index >= 15 is 0 Å². The molecule has 4 N–H and O–H groups in total. The highest BCUT2D eigenvalue weighted by atomic mass is 16.3. The second-order valence-electron chi connectivity index (χ2n) is 10.2. The van der Waals surface area contributed by atoms with Crippen molar-refractivity contribution in [1.29, 1.82) is 0 Å². The van der Waals surface area contributed by atoms with Gasteiger partial charge in [0.25, 0.3) is 0 Å². The molecule has 0 amide bonds. The molecule has 4 fully saturated rings. The van der Waals surface area contributed by atoms with Crippen molar-refractivity contribution >= 4 is 5.78 Å². The van der Waals surface area contributed by atoms with Crippen LogP contribution in [0.5, 0.6) is 0 Å². The normalized spacial score (nSPS) is 60.1. The lowest BCUT2D eigenvalue weighted by atomic mass is 9.38. The van der Waals surface area contributed by atoms with Gasteiger partial charge in [-0.25, -0.2) is 0 Å². The number of carbonyl (C=O) groups is 1. The number of hydrogen-bond donors (Lipinski definition) is 4. The molecule has 0 aliphatic heterocycles. The van der Waals surface area contributed by atoms with E-state index in [0.29, 0.717) is 19.3 Å². The molecule has 0 heterocycles. The van der Waals surface area contributed by atoms with Crippen LogP contribution < -0.4 is 0 Å². The zero-order valence-electron chi connectivity index (χ0n) is 15.6. The van der Waals surface area contributed by atoms with Crippen molar-refractivity contribution in [2.24, 2.45) is 39.9 Å². The first-order valence-electron chi connectivity index (χ1n) is 9.77. The van der Waals surface area contributed by atoms with Crippen LogP contribution in [0.25, 0.3) is 0 Å². The molecule has 10 atom stereocenters. The number of aliphatic hydroxyl groups is 4. The predicted molar refractivity (Wildman–Crippen MR) is 91.5 cm³/mol. The number of fused-ring (bicyclic) bond motifs is 3. The summed E-state index contributed by atoms with van der Waals surface area (Å²) in [6.45, 7) is 8.09. The van der Waals surface area contributed by atoms with Gasteiger partial charge < -0.3 is 20.4 Å². The molecule has 5 heteroatoms. The fourth-order valence-corrected chi connectivity index (χ4v) is 7.75. The smallest absolute Gasteiger partial charge is 0.147 e. The van der Waals surface area contributed by atoms with Crippen molar-refractivity contribution in [2.75, 3.05) is 0 Å². The number of ketones is 1. The predicted octanol–water partition coefficient (Wildman–Crippen LogP) is 1.12. The van der Waals surface area contributed by atoms with Crippen LogP contribution in [0, 0.1) is 39.9 Å². The molecule has 25 heavy (non-hydrogen) atoms. The Bertz CT molecular complexity index is 603. The molecule has 0 saturated heterocycles. The average Bonchev–Trinajstić information content (AvgIpc) is 2.65. The summed E-state index contributed by atoms with van der Waals surface area (Å²) < 4.78 is 0. The second kappa shape index (κ2) is 5.06. The van der Waals surface area contributed by atoms with Gasteiger partial charge in [-0.1, -0.05) is 27.7 Å². The Balaban J connectivity index is 1.94. The fraction of sp³-hybridized carbons (Fsp3) is 0.950. The minimum Gasteiger partial charge on any atom is -0.393 e. The molecule has 4 aliphatic rings. The van der Waals surface area contributed by atoms with Gasteiger partial charge in [0.1, 0.15) is 5.78 Å². The third-order valence-corrected chi connectivity index (χ3v) is 8.95. The van der Waals surface area contributed by atoms with Gasteiger partial charge in [0, 0.05) is 17.3 Å². The molecule has 0 radical (unpaired) electrons. The molecule has 0 aromatic heterocycles. The Morgan fingerprint density at radius 2 is 1.64 bits per heavy atom. The van der Waals surface area contributed by atoms with Crippen LogP contribution in [-0.2, 0) is 4.79 Å². The second-order valence-corrected chi connectivity index (χ2v) is 10.2. The van der Waals surface area contributed by atoms with E-state index in [1.165, 1.54) is 0 Å². The summed E-state index contributed by atoms with van der Waals surface area (Å²) in [5.41, 5.74) is -2.11. The van der Waals surface area contributed by atoms with Crippen LogP contribution >= 0.6 is 0 Å². The van der Waals surface area contributed by atoms with E-state index in [1.807, 2.05) is 13.8 Å². The maximum absolute atomic E-state index is 13.3. The third-order valence-electron chi connectivity index (χ3n) is 8.95. The number of aliphatic hydroxyl groups excluding tert-OH is 4. The fourth-order valence-electron chi connectivity index (χ4n) is 7.75. The Kier molecular flexibility index (Phi) is 3.62. The standard InChI is InChI=1S/C20H32O5/c1-9-10-7-11(21)15-19(4)12(18(2,3)6-5-13(19)22)8-14(23)20(15,16(9)24)17(10)25/h9-15,17,21-23,25H,5-8H2,1-4H3/t9-,10-,11-,12+,13+,14+,15-,17+,19-,20-/m0/s1. The van der Waals surface area contributed by atoms with Crippen molar-refractivity contribution in [3.05, 3.63) is 0 Å². The van der Waals surface area contributed by atoms with Gasteiger partial charge in [-0.2, -0.15) is 0 Å². The molecule has 142 valence electrons. The van der Waals surface area contributed by atoms with E-state index in [0.717, 1.165) is 6.42 Å². The van der Waals surface area contributed by atoms with E-state index in [-0.39, 0.29) is 29.0 Å². The van der Waals surface area contributed by atoms with Crippen molar-refractivity contribution in [3.8, 4) is 0 Å². The molecule has 4 saturated carbocycles. The number of rotatable bonds is 0. The summed E-state index contributed by atoms with van der Waals surface area (Å²) in [5, 5.41) is 44.3. The molecule has 4 rings (SSSR count). The number of hydrogen-bond acceptors (Lipinski definition) is 5. The summed E-state index contributed by atoms with van der Waals surface area (Å²) >= 11 is 0. The van der Waals surface area contributed by atoms with Crippen molar-refractivity contribution < 1.29 is 25.2 Å². The summed E-state index contributed by atoms with van der Waals surface area (Å²) in [5.74, 6) is -1.39. The van der Waals surface area contributed by atoms with Gasteiger partial charge in [-0.05, 0) is 42.9 Å². The van der Waals surface area contributed by atoms with Gasteiger partial charge in [0.2, 0.25) is 0 Å². The lowest BCUT2D eigenvalue weighted by Gasteiger charge is -2.67. The molecule has 0 unspecified atom stereocenters. The van der Waals surface area contributed by atoms with Gasteiger partial charge in [-0.15, -0.1) is 0 Å². The van der Waals surface area contributed by atoms with Crippen molar-refractivity contribution in [1.82, 2.24) is 0 Å². The first kappa shape index (κ1) is 17.9. The monoisotopic (exact) mass is 352 g/mol. The molecule has 0 aromatic carbocycles. The minimum atomic E-state index is -1.33. The lowest BCUT2D eigenvalue weighted by molar-refractivity contribution is -0.274. The summed E-state index contributed by atoms with van der Waals surface area (Å²) in [6, 6.07) is 0. The van der Waals surface area contributed by atoms with E-state index in [9.17, 15) is 25.2 Å². The topological polar surface area (TPSA) is 98.0 Å². The van der Waals surface area contributed by atoms with E-state index in [4.69, 9.17) is 0 Å². The molecule has 0 aromatic rings. The highest BCUT2D eigenvalue weighted by molar-refractivity contribution is 5.92. The van der Waals surface area contributed by atoms with Crippen LogP contribution in [0.4, 0.5) is 0 Å². The van der Waals surface area contributed by atoms with Gasteiger partial charge in [-0.3, -0.25) is 4.79 Å². The lowest BCUT2D eigenvalue weighted by Crippen LogP contribution is -2.72. The average molecular weight is 352 g/mol. The summed E-state index contributed by atoms with van der Waals surface area (Å²) in [7, 11) is 0. The Morgan fingerprint density at radius 3 is 2.28 bits per heavy atom. The maximum atomic E-state index is 13.3. The van der Waals surface area contributed by atoms with E-state index in [2.05, 4.69) is 13.8 Å². The molecule has 5 nitrogen and oxygen atoms in total. The van der Waals surface area contributed by atoms with Crippen LogP contribution in [0.1, 0.15) is 53.4 Å². The van der Waals surface area contributed by atoms with E-state index < -0.39 is 41.2 Å². The summed E-state index contributed by atoms with van der Waals surface area (Å²) in [6.07, 6.45) is -1.09. The quantitative estimate of drug-likeness (QED) is 0.524. The zero-order chi connectivity index (χ0) is 18.5. The first-order valence-corrected chi connectivity index (χ1v) is 9.77. The van der Waals surface area contributed by atoms with Gasteiger partial charge in [0.15, 0.2) is 0 Å². The number of carbonyl (C=O) groups excluding carboxylic acids is 1. The summed E-state index contributed by atoms with van der Waals surface area (Å²) in [4.78, 5) is 13.3. The van der Waals surface area contributed by atoms with Crippen molar-refractivity contribution in [2.45, 2.75) is 77.8 Å². The van der Waals surface area contributed by atoms with Crippen molar-refractivity contribution in [3.63, 3.8) is 0 Å². The molecule has 1 spiro atoms. The SMILES string of the molecule is C[C@@H]1C(=O)[C@]23[C@H](O)C[C@@H]4C(C)(C)CC[C@@H](O)[C@@]4(C)[C@@H]2[C@@H](O)C[C@@H]1[C@H]3O. The van der Waals surface area contributed by atoms with Crippen LogP contribution in [-0.4, -0.2) is 50.6 Å². The number of Topliss-reactive ketones (excluding diaryl/α,β-unsaturated/α-hetero) is 1. The van der Waals surface area contributed by atoms with Crippen LogP contribution in [0.15, 0.2) is 0 Å². The van der Waals surface area contributed by atoms with Crippen LogP contribution in [0.3, 0.4) is 0 Å². The van der Waals surface area contributed by atoms with Gasteiger partial charge >= 0.3 is 0 Å². The maximum Gasteiger partial charge on any atom is 0.147 e. The molecular weight excluding hydrogens is 320 g/mol. The largest absolute Gasteiger partial charge is 0.393 e.